The van der Waals surface area contributed by atoms with Crippen molar-refractivity contribution in [3.8, 4) is 0 Å². The number of carbonyl (C=O) groups excluding carboxylic acids is 1. The van der Waals surface area contributed by atoms with Gasteiger partial charge >= 0.3 is 12.3 Å². The van der Waals surface area contributed by atoms with Crippen molar-refractivity contribution < 1.29 is 27.3 Å². The molecule has 0 spiro atoms. The van der Waals surface area contributed by atoms with E-state index in [-0.39, 0.29) is 5.92 Å². The molecule has 10 heteroatoms. The van der Waals surface area contributed by atoms with Gasteiger partial charge in [0.2, 0.25) is 0 Å². The molecule has 1 aromatic carbocycles. The fourth-order valence-electron chi connectivity index (χ4n) is 3.58. The van der Waals surface area contributed by atoms with Gasteiger partial charge in [-0.25, -0.2) is 4.79 Å². The van der Waals surface area contributed by atoms with Gasteiger partial charge in [-0.3, -0.25) is 0 Å². The van der Waals surface area contributed by atoms with Crippen LogP contribution in [-0.4, -0.2) is 52.1 Å². The summed E-state index contributed by atoms with van der Waals surface area (Å²) in [5.74, 6) is -0.114. The SMILES string of the molecule is CC(C)[C@H](N[S+]([O-])C(C)(C)C)c1cc(C(F)(F)F)ccc1N1CCN(C(=O)OC(C)(C)C)CC1. The van der Waals surface area contributed by atoms with E-state index in [4.69, 9.17) is 4.74 Å². The summed E-state index contributed by atoms with van der Waals surface area (Å²) in [5.41, 5.74) is -0.247. The summed E-state index contributed by atoms with van der Waals surface area (Å²) < 4.78 is 61.5. The largest absolute Gasteiger partial charge is 0.598 e. The highest BCUT2D eigenvalue weighted by Crippen LogP contribution is 2.38. The molecule has 0 aliphatic carbocycles. The molecule has 1 N–H and O–H groups in total. The van der Waals surface area contributed by atoms with E-state index < -0.39 is 45.6 Å². The number of piperazine rings is 1. The van der Waals surface area contributed by atoms with Crippen LogP contribution in [0.3, 0.4) is 0 Å². The monoisotopic (exact) mass is 505 g/mol. The van der Waals surface area contributed by atoms with Gasteiger partial charge in [0.1, 0.15) is 10.3 Å². The first-order valence-corrected chi connectivity index (χ1v) is 12.7. The molecule has 34 heavy (non-hydrogen) atoms. The minimum absolute atomic E-state index is 0.114. The molecule has 194 valence electrons. The quantitative estimate of drug-likeness (QED) is 0.535. The highest BCUT2D eigenvalue weighted by atomic mass is 32.2. The second-order valence-electron chi connectivity index (χ2n) is 10.9. The Labute approximate surface area is 204 Å². The molecule has 1 amide bonds. The number of rotatable bonds is 5. The van der Waals surface area contributed by atoms with Crippen molar-refractivity contribution in [3.05, 3.63) is 29.3 Å². The van der Waals surface area contributed by atoms with Crippen LogP contribution in [0.4, 0.5) is 23.7 Å². The Kier molecular flexibility index (Phi) is 8.86. The standard InChI is InChI=1S/C24H38F3N3O3S/c1-16(2)20(28-34(32)23(6,7)8)18-15-17(24(25,26)27)9-10-19(18)29-11-13-30(14-12-29)21(31)33-22(3,4)5/h9-10,15-16,20,28H,11-14H2,1-8H3/t20-,34?/m0/s1. The predicted octanol–water partition coefficient (Wildman–Crippen LogP) is 5.51. The molecule has 2 atom stereocenters. The third-order valence-corrected chi connectivity index (χ3v) is 7.00. The molecule has 6 nitrogen and oxygen atoms in total. The summed E-state index contributed by atoms with van der Waals surface area (Å²) in [6.45, 7) is 16.3. The molecule has 1 aromatic rings. The van der Waals surface area contributed by atoms with Gasteiger partial charge in [-0.15, -0.1) is 4.72 Å². The Bertz CT molecular complexity index is 843. The number of ether oxygens (including phenoxy) is 1. The van der Waals surface area contributed by atoms with Crippen LogP contribution in [0.2, 0.25) is 0 Å². The van der Waals surface area contributed by atoms with Crippen LogP contribution in [0.1, 0.15) is 72.6 Å². The van der Waals surface area contributed by atoms with Crippen molar-refractivity contribution in [1.29, 1.82) is 0 Å². The average molecular weight is 506 g/mol. The molecule has 0 radical (unpaired) electrons. The van der Waals surface area contributed by atoms with Crippen LogP contribution in [0, 0.1) is 5.92 Å². The van der Waals surface area contributed by atoms with Gasteiger partial charge in [-0.1, -0.05) is 13.8 Å². The molecule has 1 aliphatic rings. The maximum Gasteiger partial charge on any atom is 0.416 e. The highest BCUT2D eigenvalue weighted by molar-refractivity contribution is 7.90. The van der Waals surface area contributed by atoms with Crippen molar-refractivity contribution in [1.82, 2.24) is 9.62 Å². The lowest BCUT2D eigenvalue weighted by Crippen LogP contribution is -2.50. The van der Waals surface area contributed by atoms with E-state index in [0.717, 1.165) is 12.1 Å². The zero-order valence-corrected chi connectivity index (χ0v) is 22.2. The first kappa shape index (κ1) is 28.6. The van der Waals surface area contributed by atoms with Crippen molar-refractivity contribution in [3.63, 3.8) is 0 Å². The topological polar surface area (TPSA) is 67.9 Å². The predicted molar refractivity (Wildman–Crippen MR) is 130 cm³/mol. The lowest BCUT2D eigenvalue weighted by Gasteiger charge is -2.39. The zero-order valence-electron chi connectivity index (χ0n) is 21.4. The first-order chi connectivity index (χ1) is 15.4. The molecular formula is C24H38F3N3O3S. The molecule has 1 heterocycles. The lowest BCUT2D eigenvalue weighted by atomic mass is 9.93. The van der Waals surface area contributed by atoms with Crippen LogP contribution in [0.5, 0.6) is 0 Å². The number of nitrogens with one attached hydrogen (secondary N) is 1. The molecule has 1 unspecified atom stereocenters. The Hall–Kier alpha value is -1.65. The maximum atomic E-state index is 13.6. The number of benzene rings is 1. The molecule has 0 bridgehead atoms. The van der Waals surface area contributed by atoms with Gasteiger partial charge in [-0.2, -0.15) is 13.2 Å². The second-order valence-corrected chi connectivity index (χ2v) is 12.9. The van der Waals surface area contributed by atoms with Gasteiger partial charge in [0.15, 0.2) is 0 Å². The van der Waals surface area contributed by atoms with Gasteiger partial charge in [0.25, 0.3) is 0 Å². The fraction of sp³-hybridized carbons (Fsp3) is 0.708. The van der Waals surface area contributed by atoms with E-state index in [2.05, 4.69) is 4.72 Å². The zero-order chi connectivity index (χ0) is 26.1. The van der Waals surface area contributed by atoms with Gasteiger partial charge in [-0.05, 0) is 71.2 Å². The number of alkyl halides is 3. The Morgan fingerprint density at radius 2 is 1.62 bits per heavy atom. The van der Waals surface area contributed by atoms with E-state index in [1.165, 1.54) is 6.07 Å². The number of hydrogen-bond acceptors (Lipinski definition) is 5. The smallest absolute Gasteiger partial charge is 0.416 e. The van der Waals surface area contributed by atoms with Gasteiger partial charge in [0.05, 0.1) is 11.6 Å². The van der Waals surface area contributed by atoms with E-state index in [1.54, 1.807) is 25.7 Å². The third-order valence-electron chi connectivity index (χ3n) is 5.42. The van der Waals surface area contributed by atoms with E-state index >= 15 is 0 Å². The summed E-state index contributed by atoms with van der Waals surface area (Å²) in [7, 11) is 0. The number of halogens is 3. The molecule has 2 rings (SSSR count). The van der Waals surface area contributed by atoms with Gasteiger partial charge < -0.3 is 19.1 Å². The number of amides is 1. The number of hydrogen-bond donors (Lipinski definition) is 1. The molecule has 1 fully saturated rings. The highest BCUT2D eigenvalue weighted by Gasteiger charge is 2.37. The summed E-state index contributed by atoms with van der Waals surface area (Å²) >= 11 is -1.47. The lowest BCUT2D eigenvalue weighted by molar-refractivity contribution is -0.137. The van der Waals surface area contributed by atoms with E-state index in [1.807, 2.05) is 39.5 Å². The second kappa shape index (κ2) is 10.5. The van der Waals surface area contributed by atoms with E-state index in [0.29, 0.717) is 37.4 Å². The van der Waals surface area contributed by atoms with Crippen molar-refractivity contribution in [2.75, 3.05) is 31.1 Å². The normalized spacial score (nSPS) is 17.7. The first-order valence-electron chi connectivity index (χ1n) is 11.5. The molecule has 0 aromatic heterocycles. The van der Waals surface area contributed by atoms with Crippen molar-refractivity contribution in [2.24, 2.45) is 5.92 Å². The molecule has 1 aliphatic heterocycles. The van der Waals surface area contributed by atoms with Crippen LogP contribution in [0.25, 0.3) is 0 Å². The van der Waals surface area contributed by atoms with Gasteiger partial charge in [0, 0.05) is 43.2 Å². The van der Waals surface area contributed by atoms with Crippen LogP contribution in [-0.2, 0) is 22.3 Å². The Balaban J connectivity index is 2.36. The van der Waals surface area contributed by atoms with Crippen LogP contribution >= 0.6 is 0 Å². The Morgan fingerprint density at radius 3 is 2.06 bits per heavy atom. The average Bonchev–Trinajstić information content (AvgIpc) is 2.68. The summed E-state index contributed by atoms with van der Waals surface area (Å²) in [4.78, 5) is 16.0. The molecular weight excluding hydrogens is 467 g/mol. The van der Waals surface area contributed by atoms with Crippen molar-refractivity contribution >= 4 is 23.1 Å². The third kappa shape index (κ3) is 7.68. The Morgan fingerprint density at radius 1 is 1.06 bits per heavy atom. The summed E-state index contributed by atoms with van der Waals surface area (Å²) in [5, 5.41) is 0. The van der Waals surface area contributed by atoms with Crippen molar-refractivity contribution in [2.45, 2.75) is 78.0 Å². The van der Waals surface area contributed by atoms with Crippen LogP contribution < -0.4 is 9.62 Å². The number of anilines is 1. The van der Waals surface area contributed by atoms with E-state index in [9.17, 15) is 22.5 Å². The molecule has 1 saturated heterocycles. The van der Waals surface area contributed by atoms with Crippen LogP contribution in [0.15, 0.2) is 18.2 Å². The number of carbonyl (C=O) groups is 1. The molecule has 0 saturated carbocycles. The minimum Gasteiger partial charge on any atom is -0.598 e. The fourth-order valence-corrected chi connectivity index (χ4v) is 4.56. The maximum absolute atomic E-state index is 13.6. The summed E-state index contributed by atoms with van der Waals surface area (Å²) in [6.07, 6.45) is -4.89. The minimum atomic E-state index is -4.49. The number of nitrogens with zero attached hydrogens (tertiary/aromatic N) is 2. The summed E-state index contributed by atoms with van der Waals surface area (Å²) in [6, 6.07) is 3.17.